The fraction of sp³-hybridized carbons (Fsp3) is 0.667. The molecule has 2 saturated heterocycles. The molecule has 2 atom stereocenters. The number of hydrogen-bond acceptors (Lipinski definition) is 6. The SMILES string of the molecule is CC1O[B-]2(OC1=O)OC(=O)C(C)O2. The molecule has 0 aromatic heterocycles. The Morgan fingerprint density at radius 1 is 1.00 bits per heavy atom. The zero-order valence-corrected chi connectivity index (χ0v) is 7.18. The van der Waals surface area contributed by atoms with Crippen molar-refractivity contribution in [2.75, 3.05) is 0 Å². The van der Waals surface area contributed by atoms with E-state index in [1.54, 1.807) is 0 Å². The van der Waals surface area contributed by atoms with E-state index in [0.29, 0.717) is 0 Å². The smallest absolute Gasteiger partial charge is 0.606 e. The molecule has 0 aliphatic carbocycles. The topological polar surface area (TPSA) is 71.1 Å². The number of rotatable bonds is 0. The van der Waals surface area contributed by atoms with Crippen LogP contribution in [0.2, 0.25) is 0 Å². The predicted octanol–water partition coefficient (Wildman–Crippen LogP) is -0.654. The molecule has 2 heterocycles. The van der Waals surface area contributed by atoms with Gasteiger partial charge in [-0.2, -0.15) is 0 Å². The maximum absolute atomic E-state index is 10.9. The largest absolute Gasteiger partial charge is 0.657 e. The Labute approximate surface area is 74.1 Å². The van der Waals surface area contributed by atoms with Gasteiger partial charge in [-0.25, -0.2) is 0 Å². The van der Waals surface area contributed by atoms with Gasteiger partial charge in [0, 0.05) is 0 Å². The number of carbonyl (C=O) groups excluding carboxylic acids is 2. The van der Waals surface area contributed by atoms with Crippen LogP contribution in [0.3, 0.4) is 0 Å². The van der Waals surface area contributed by atoms with E-state index in [1.165, 1.54) is 13.8 Å². The van der Waals surface area contributed by atoms with Crippen molar-refractivity contribution in [3.05, 3.63) is 0 Å². The van der Waals surface area contributed by atoms with Crippen molar-refractivity contribution in [1.82, 2.24) is 0 Å². The van der Waals surface area contributed by atoms with E-state index in [2.05, 4.69) is 0 Å². The van der Waals surface area contributed by atoms with Gasteiger partial charge in [0.05, 0.1) is 0 Å². The normalized spacial score (nSPS) is 43.8. The maximum atomic E-state index is 10.9. The van der Waals surface area contributed by atoms with E-state index in [9.17, 15) is 9.59 Å². The summed E-state index contributed by atoms with van der Waals surface area (Å²) >= 11 is 0. The Hall–Kier alpha value is -1.08. The van der Waals surface area contributed by atoms with Crippen LogP contribution in [0.15, 0.2) is 0 Å². The Bertz CT molecular complexity index is 248. The van der Waals surface area contributed by atoms with Crippen molar-refractivity contribution in [3.63, 3.8) is 0 Å². The summed E-state index contributed by atoms with van der Waals surface area (Å²) in [5.74, 6) is -1.16. The highest BCUT2D eigenvalue weighted by Crippen LogP contribution is 2.29. The second-order valence-electron chi connectivity index (χ2n) is 3.01. The molecule has 6 nitrogen and oxygen atoms in total. The fourth-order valence-corrected chi connectivity index (χ4v) is 1.25. The van der Waals surface area contributed by atoms with Crippen LogP contribution in [0, 0.1) is 0 Å². The summed E-state index contributed by atoms with van der Waals surface area (Å²) in [4.78, 5) is 21.9. The first-order chi connectivity index (χ1) is 6.02. The lowest BCUT2D eigenvalue weighted by molar-refractivity contribution is -0.137. The molecule has 0 aromatic rings. The average Bonchev–Trinajstić information content (AvgIpc) is 2.39. The van der Waals surface area contributed by atoms with Gasteiger partial charge >= 0.3 is 6.96 Å². The summed E-state index contributed by atoms with van der Waals surface area (Å²) in [6.45, 7) is 0.401. The lowest BCUT2D eigenvalue weighted by Crippen LogP contribution is -2.40. The van der Waals surface area contributed by atoms with Gasteiger partial charge in [-0.05, 0) is 13.8 Å². The summed E-state index contributed by atoms with van der Waals surface area (Å²) in [5.41, 5.74) is 0. The van der Waals surface area contributed by atoms with E-state index in [0.717, 1.165) is 0 Å². The van der Waals surface area contributed by atoms with Crippen molar-refractivity contribution in [1.29, 1.82) is 0 Å². The summed E-state index contributed by atoms with van der Waals surface area (Å²) < 4.78 is 19.4. The summed E-state index contributed by atoms with van der Waals surface area (Å²) in [6, 6.07) is 0. The van der Waals surface area contributed by atoms with E-state index in [1.807, 2.05) is 0 Å². The highest BCUT2D eigenvalue weighted by atomic mass is 16.9. The van der Waals surface area contributed by atoms with Crippen LogP contribution >= 0.6 is 0 Å². The Morgan fingerprint density at radius 3 is 1.62 bits per heavy atom. The first-order valence-corrected chi connectivity index (χ1v) is 3.96. The summed E-state index contributed by atoms with van der Waals surface area (Å²) in [5, 5.41) is 0. The van der Waals surface area contributed by atoms with Crippen molar-refractivity contribution < 1.29 is 28.2 Å². The van der Waals surface area contributed by atoms with Crippen LogP contribution in [-0.4, -0.2) is 31.1 Å². The van der Waals surface area contributed by atoms with E-state index >= 15 is 0 Å². The van der Waals surface area contributed by atoms with Gasteiger partial charge in [-0.15, -0.1) is 0 Å². The molecule has 0 saturated carbocycles. The van der Waals surface area contributed by atoms with E-state index in [-0.39, 0.29) is 0 Å². The molecule has 0 radical (unpaired) electrons. The highest BCUT2D eigenvalue weighted by Gasteiger charge is 2.54. The molecule has 2 fully saturated rings. The maximum Gasteiger partial charge on any atom is 0.657 e. The fourth-order valence-electron chi connectivity index (χ4n) is 1.25. The van der Waals surface area contributed by atoms with Crippen LogP contribution in [0.4, 0.5) is 0 Å². The first kappa shape index (κ1) is 8.52. The molecule has 13 heavy (non-hydrogen) atoms. The van der Waals surface area contributed by atoms with Gasteiger partial charge in [-0.1, -0.05) is 0 Å². The summed E-state index contributed by atoms with van der Waals surface area (Å²) in [7, 11) is 0. The van der Waals surface area contributed by atoms with Crippen molar-refractivity contribution >= 4 is 18.9 Å². The van der Waals surface area contributed by atoms with Gasteiger partial charge < -0.3 is 18.6 Å². The molecule has 0 amide bonds. The van der Waals surface area contributed by atoms with Gasteiger partial charge in [0.2, 0.25) is 0 Å². The zero-order chi connectivity index (χ0) is 9.64. The monoisotopic (exact) mass is 187 g/mol. The lowest BCUT2D eigenvalue weighted by atomic mass is 10.1. The lowest BCUT2D eigenvalue weighted by Gasteiger charge is -2.25. The molecule has 2 unspecified atom stereocenters. The Balaban J connectivity index is 2.17. The minimum atomic E-state index is -2.60. The predicted molar refractivity (Wildman–Crippen MR) is 39.0 cm³/mol. The van der Waals surface area contributed by atoms with Crippen LogP contribution in [0.5, 0.6) is 0 Å². The minimum absolute atomic E-state index is 0.582. The Morgan fingerprint density at radius 2 is 1.38 bits per heavy atom. The molecule has 0 aromatic carbocycles. The number of hydrogen-bond donors (Lipinski definition) is 0. The first-order valence-electron chi connectivity index (χ1n) is 3.96. The molecule has 7 heteroatoms. The number of carbonyl (C=O) groups is 2. The summed E-state index contributed by atoms with van der Waals surface area (Å²) in [6.07, 6.45) is -1.50. The third-order valence-corrected chi connectivity index (χ3v) is 1.93. The zero-order valence-electron chi connectivity index (χ0n) is 7.18. The minimum Gasteiger partial charge on any atom is -0.606 e. The second kappa shape index (κ2) is 2.46. The standard InChI is InChI=1S/C6H8BO6/c1-3-5(8)12-7(10-3)11-4(2)6(9)13-7/h3-4H,1-2H3/q-1. The van der Waals surface area contributed by atoms with Crippen LogP contribution in [0.25, 0.3) is 0 Å². The van der Waals surface area contributed by atoms with Gasteiger partial charge in [0.25, 0.3) is 11.9 Å². The second-order valence-corrected chi connectivity index (χ2v) is 3.01. The molecule has 2 aliphatic heterocycles. The molecule has 72 valence electrons. The molecule has 2 aliphatic rings. The molecule has 0 bridgehead atoms. The quantitative estimate of drug-likeness (QED) is 0.469. The molecule has 1 spiro atoms. The average molecular weight is 187 g/mol. The van der Waals surface area contributed by atoms with Crippen LogP contribution < -0.4 is 0 Å². The Kier molecular flexibility index (Phi) is 1.61. The van der Waals surface area contributed by atoms with Gasteiger partial charge in [0.15, 0.2) is 0 Å². The van der Waals surface area contributed by atoms with Crippen molar-refractivity contribution in [3.8, 4) is 0 Å². The van der Waals surface area contributed by atoms with Crippen molar-refractivity contribution in [2.24, 2.45) is 0 Å². The third kappa shape index (κ3) is 1.20. The van der Waals surface area contributed by atoms with Crippen LogP contribution in [0.1, 0.15) is 13.8 Å². The highest BCUT2D eigenvalue weighted by molar-refractivity contribution is 6.61. The van der Waals surface area contributed by atoms with E-state index < -0.39 is 31.1 Å². The molecule has 0 N–H and O–H groups in total. The molecular formula is C6H8BO6-. The molecule has 2 rings (SSSR count). The van der Waals surface area contributed by atoms with Gasteiger partial charge in [-0.3, -0.25) is 9.59 Å². The van der Waals surface area contributed by atoms with Crippen LogP contribution in [-0.2, 0) is 28.2 Å². The third-order valence-electron chi connectivity index (χ3n) is 1.93. The molecular weight excluding hydrogens is 179 g/mol. The van der Waals surface area contributed by atoms with Crippen molar-refractivity contribution in [2.45, 2.75) is 26.1 Å². The van der Waals surface area contributed by atoms with E-state index in [4.69, 9.17) is 18.6 Å². The van der Waals surface area contributed by atoms with Gasteiger partial charge in [0.1, 0.15) is 12.2 Å².